The lowest BCUT2D eigenvalue weighted by molar-refractivity contribution is -0.116. The Morgan fingerprint density at radius 2 is 2.05 bits per heavy atom. The molecule has 0 bridgehead atoms. The van der Waals surface area contributed by atoms with Crippen molar-refractivity contribution >= 4 is 24.0 Å². The fraction of sp³-hybridized carbons (Fsp3) is 0.250. The fourth-order valence-corrected chi connectivity index (χ4v) is 1.52. The Kier molecular flexibility index (Phi) is 5.98. The second-order valence-electron chi connectivity index (χ2n) is 3.87. The highest BCUT2D eigenvalue weighted by molar-refractivity contribution is 5.90. The molecule has 0 atom stereocenters. The Morgan fingerprint density at radius 1 is 1.32 bits per heavy atom. The van der Waals surface area contributed by atoms with E-state index in [4.69, 9.17) is 5.73 Å². The normalized spacial score (nSPS) is 9.74. The van der Waals surface area contributed by atoms with Gasteiger partial charge in [-0.05, 0) is 17.7 Å². The van der Waals surface area contributed by atoms with Crippen molar-refractivity contribution < 1.29 is 4.79 Å². The first-order valence-corrected chi connectivity index (χ1v) is 5.71. The molecule has 1 aromatic carbocycles. The number of halogens is 1. The third-order valence-electron chi connectivity index (χ3n) is 2.51. The Morgan fingerprint density at radius 3 is 2.63 bits per heavy atom. The van der Waals surface area contributed by atoms with Crippen molar-refractivity contribution in [1.82, 2.24) is 15.0 Å². The van der Waals surface area contributed by atoms with Gasteiger partial charge in [-0.1, -0.05) is 17.3 Å². The Balaban J connectivity index is 0.00000180. The van der Waals surface area contributed by atoms with Crippen LogP contribution in [0.4, 0.5) is 5.69 Å². The molecule has 0 saturated carbocycles. The topological polar surface area (TPSA) is 85.8 Å². The molecule has 3 N–H and O–H groups in total. The molecule has 1 aromatic heterocycles. The van der Waals surface area contributed by atoms with E-state index >= 15 is 0 Å². The summed E-state index contributed by atoms with van der Waals surface area (Å²) < 4.78 is 1.62. The molecule has 7 heteroatoms. The molecule has 0 saturated heterocycles. The van der Waals surface area contributed by atoms with Crippen molar-refractivity contribution in [3.8, 4) is 0 Å². The summed E-state index contributed by atoms with van der Waals surface area (Å²) in [5, 5.41) is 10.3. The first-order valence-electron chi connectivity index (χ1n) is 5.71. The summed E-state index contributed by atoms with van der Waals surface area (Å²) in [5.41, 5.74) is 7.31. The third kappa shape index (κ3) is 4.69. The van der Waals surface area contributed by atoms with E-state index in [1.807, 2.05) is 24.3 Å². The average Bonchev–Trinajstić information content (AvgIpc) is 2.90. The monoisotopic (exact) mass is 281 g/mol. The first kappa shape index (κ1) is 15.1. The summed E-state index contributed by atoms with van der Waals surface area (Å²) in [6, 6.07) is 7.48. The van der Waals surface area contributed by atoms with Gasteiger partial charge < -0.3 is 11.1 Å². The number of carbonyl (C=O) groups excluding carboxylic acids is 1. The van der Waals surface area contributed by atoms with Crippen molar-refractivity contribution in [1.29, 1.82) is 0 Å². The third-order valence-corrected chi connectivity index (χ3v) is 2.51. The van der Waals surface area contributed by atoms with Gasteiger partial charge in [-0.15, -0.1) is 17.5 Å². The first-order chi connectivity index (χ1) is 8.78. The van der Waals surface area contributed by atoms with Crippen LogP contribution in [0.5, 0.6) is 0 Å². The highest BCUT2D eigenvalue weighted by Crippen LogP contribution is 2.09. The molecule has 0 radical (unpaired) electrons. The van der Waals surface area contributed by atoms with E-state index < -0.39 is 0 Å². The summed E-state index contributed by atoms with van der Waals surface area (Å²) in [7, 11) is 0. The molecule has 2 aromatic rings. The summed E-state index contributed by atoms with van der Waals surface area (Å²) in [4.78, 5) is 11.7. The van der Waals surface area contributed by atoms with E-state index in [1.54, 1.807) is 17.1 Å². The van der Waals surface area contributed by atoms with Gasteiger partial charge in [0.2, 0.25) is 5.91 Å². The van der Waals surface area contributed by atoms with E-state index in [2.05, 4.69) is 15.6 Å². The van der Waals surface area contributed by atoms with Crippen molar-refractivity contribution in [2.75, 3.05) is 5.32 Å². The van der Waals surface area contributed by atoms with Gasteiger partial charge in [-0.3, -0.25) is 9.48 Å². The van der Waals surface area contributed by atoms with Gasteiger partial charge in [0.25, 0.3) is 0 Å². The van der Waals surface area contributed by atoms with Crippen molar-refractivity contribution in [3.05, 3.63) is 42.2 Å². The fourth-order valence-electron chi connectivity index (χ4n) is 1.52. The lowest BCUT2D eigenvalue weighted by Crippen LogP contribution is -2.14. The zero-order valence-corrected chi connectivity index (χ0v) is 11.1. The second-order valence-corrected chi connectivity index (χ2v) is 3.87. The Bertz CT molecular complexity index is 497. The molecule has 6 nitrogen and oxygen atoms in total. The number of hydrogen-bond donors (Lipinski definition) is 2. The van der Waals surface area contributed by atoms with Crippen LogP contribution in [-0.2, 0) is 17.9 Å². The highest BCUT2D eigenvalue weighted by Gasteiger charge is 2.03. The number of rotatable bonds is 5. The van der Waals surface area contributed by atoms with Gasteiger partial charge >= 0.3 is 0 Å². The molecule has 0 spiro atoms. The molecular formula is C12H16ClN5O. The van der Waals surface area contributed by atoms with E-state index in [1.165, 1.54) is 0 Å². The van der Waals surface area contributed by atoms with E-state index in [9.17, 15) is 4.79 Å². The predicted octanol–water partition coefficient (Wildman–Crippen LogP) is 1.19. The summed E-state index contributed by atoms with van der Waals surface area (Å²) in [6.07, 6.45) is 3.68. The molecule has 2 rings (SSSR count). The van der Waals surface area contributed by atoms with Gasteiger partial charge in [0.05, 0.1) is 12.7 Å². The smallest absolute Gasteiger partial charge is 0.226 e. The van der Waals surface area contributed by atoms with Gasteiger partial charge in [0.1, 0.15) is 0 Å². The van der Waals surface area contributed by atoms with Crippen LogP contribution in [0, 0.1) is 0 Å². The van der Waals surface area contributed by atoms with E-state index in [0.717, 1.165) is 11.3 Å². The number of nitrogens with zero attached hydrogens (tertiary/aromatic N) is 3. The van der Waals surface area contributed by atoms with Gasteiger partial charge in [0.15, 0.2) is 0 Å². The molecule has 19 heavy (non-hydrogen) atoms. The van der Waals surface area contributed by atoms with Crippen molar-refractivity contribution in [2.24, 2.45) is 5.73 Å². The minimum Gasteiger partial charge on any atom is -0.326 e. The molecule has 102 valence electrons. The van der Waals surface area contributed by atoms with Crippen molar-refractivity contribution in [3.63, 3.8) is 0 Å². The Hall–Kier alpha value is -1.92. The zero-order chi connectivity index (χ0) is 12.8. The Labute approximate surface area is 117 Å². The van der Waals surface area contributed by atoms with Crippen LogP contribution in [0.25, 0.3) is 0 Å². The van der Waals surface area contributed by atoms with Crippen LogP contribution < -0.4 is 11.1 Å². The van der Waals surface area contributed by atoms with Crippen LogP contribution in [0.2, 0.25) is 0 Å². The van der Waals surface area contributed by atoms with E-state index in [0.29, 0.717) is 19.5 Å². The number of hydrogen-bond acceptors (Lipinski definition) is 4. The van der Waals surface area contributed by atoms with Crippen LogP contribution in [0.15, 0.2) is 36.7 Å². The number of benzene rings is 1. The second kappa shape index (κ2) is 7.50. The minimum atomic E-state index is -0.0500. The molecule has 0 unspecified atom stereocenters. The quantitative estimate of drug-likeness (QED) is 0.862. The maximum atomic E-state index is 11.7. The average molecular weight is 282 g/mol. The van der Waals surface area contributed by atoms with Crippen LogP contribution in [0.3, 0.4) is 0 Å². The lowest BCUT2D eigenvalue weighted by atomic mass is 10.2. The summed E-state index contributed by atoms with van der Waals surface area (Å²) >= 11 is 0. The van der Waals surface area contributed by atoms with E-state index in [-0.39, 0.29) is 18.3 Å². The number of nitrogens with two attached hydrogens (primary N) is 1. The molecular weight excluding hydrogens is 266 g/mol. The zero-order valence-electron chi connectivity index (χ0n) is 10.3. The number of nitrogens with one attached hydrogen (secondary N) is 1. The van der Waals surface area contributed by atoms with Gasteiger partial charge in [-0.25, -0.2) is 0 Å². The predicted molar refractivity (Wildman–Crippen MR) is 74.9 cm³/mol. The minimum absolute atomic E-state index is 0. The summed E-state index contributed by atoms with van der Waals surface area (Å²) in [6.45, 7) is 1.02. The standard InChI is InChI=1S/C12H15N5O.ClH/c13-9-10-1-3-11(4-2-10)15-12(18)5-7-17-8-6-14-16-17;/h1-4,6,8H,5,7,9,13H2,(H,15,18);1H. The highest BCUT2D eigenvalue weighted by atomic mass is 35.5. The van der Waals surface area contributed by atoms with Gasteiger partial charge in [-0.2, -0.15) is 0 Å². The number of aromatic nitrogens is 3. The van der Waals surface area contributed by atoms with Crippen molar-refractivity contribution in [2.45, 2.75) is 19.5 Å². The summed E-state index contributed by atoms with van der Waals surface area (Å²) in [5.74, 6) is -0.0500. The van der Waals surface area contributed by atoms with Crippen LogP contribution in [0.1, 0.15) is 12.0 Å². The maximum absolute atomic E-state index is 11.7. The number of amides is 1. The van der Waals surface area contributed by atoms with Crippen LogP contribution in [-0.4, -0.2) is 20.9 Å². The number of aryl methyl sites for hydroxylation is 1. The SMILES string of the molecule is Cl.NCc1ccc(NC(=O)CCn2ccnn2)cc1. The molecule has 0 fully saturated rings. The molecule has 0 aliphatic rings. The molecule has 1 amide bonds. The molecule has 0 aliphatic carbocycles. The molecule has 0 aliphatic heterocycles. The van der Waals surface area contributed by atoms with Gasteiger partial charge in [0, 0.05) is 24.8 Å². The maximum Gasteiger partial charge on any atom is 0.226 e. The number of anilines is 1. The molecule has 1 heterocycles. The lowest BCUT2D eigenvalue weighted by Gasteiger charge is -2.05. The van der Waals surface area contributed by atoms with Crippen LogP contribution >= 0.6 is 12.4 Å². The number of carbonyl (C=O) groups is 1. The largest absolute Gasteiger partial charge is 0.326 e.